The lowest BCUT2D eigenvalue weighted by molar-refractivity contribution is -0.386. The monoisotopic (exact) mass is 314 g/mol. The van der Waals surface area contributed by atoms with E-state index < -0.39 is 4.92 Å². The van der Waals surface area contributed by atoms with E-state index in [4.69, 9.17) is 4.74 Å². The number of hydrogen-bond acceptors (Lipinski definition) is 4. The van der Waals surface area contributed by atoms with Crippen LogP contribution in [0.3, 0.4) is 0 Å². The van der Waals surface area contributed by atoms with Crippen LogP contribution < -0.4 is 4.74 Å². The summed E-state index contributed by atoms with van der Waals surface area (Å²) >= 11 is 3.18. The minimum Gasteiger partial charge on any atom is -0.469 e. The molecular weight excluding hydrogens is 300 g/mol. The lowest BCUT2D eigenvalue weighted by Gasteiger charge is -2.26. The Bertz CT molecular complexity index is 445. The molecule has 1 fully saturated rings. The first-order chi connectivity index (χ1) is 8.56. The van der Waals surface area contributed by atoms with Gasteiger partial charge in [-0.2, -0.15) is 0 Å². The molecule has 5 nitrogen and oxygen atoms in total. The van der Waals surface area contributed by atoms with E-state index in [1.54, 1.807) is 0 Å². The molecule has 0 aliphatic heterocycles. The SMILES string of the molecule is CC1CCC(Oc2ncc(Br)cc2[N+](=O)[O-])CC1. The van der Waals surface area contributed by atoms with Crippen LogP contribution >= 0.6 is 15.9 Å². The number of ether oxygens (including phenoxy) is 1. The van der Waals surface area contributed by atoms with E-state index >= 15 is 0 Å². The molecule has 0 unspecified atom stereocenters. The van der Waals surface area contributed by atoms with Crippen molar-refractivity contribution in [1.82, 2.24) is 4.98 Å². The van der Waals surface area contributed by atoms with Crippen LogP contribution in [-0.2, 0) is 0 Å². The first-order valence-corrected chi connectivity index (χ1v) is 6.82. The largest absolute Gasteiger partial charge is 0.469 e. The summed E-state index contributed by atoms with van der Waals surface area (Å²) < 4.78 is 6.26. The fraction of sp³-hybridized carbons (Fsp3) is 0.583. The topological polar surface area (TPSA) is 65.3 Å². The van der Waals surface area contributed by atoms with Gasteiger partial charge in [-0.15, -0.1) is 0 Å². The third-order valence-electron chi connectivity index (χ3n) is 3.24. The normalized spacial score (nSPS) is 23.7. The number of halogens is 1. The molecule has 0 amide bonds. The molecule has 2 rings (SSSR count). The Morgan fingerprint density at radius 2 is 2.11 bits per heavy atom. The third-order valence-corrected chi connectivity index (χ3v) is 3.67. The molecule has 98 valence electrons. The zero-order valence-corrected chi connectivity index (χ0v) is 11.7. The Balaban J connectivity index is 2.11. The van der Waals surface area contributed by atoms with Crippen molar-refractivity contribution in [2.45, 2.75) is 38.7 Å². The molecule has 6 heteroatoms. The second-order valence-electron chi connectivity index (χ2n) is 4.73. The number of hydrogen-bond donors (Lipinski definition) is 0. The van der Waals surface area contributed by atoms with E-state index in [2.05, 4.69) is 27.8 Å². The molecule has 0 spiro atoms. The fourth-order valence-corrected chi connectivity index (χ4v) is 2.46. The number of pyridine rings is 1. The van der Waals surface area contributed by atoms with Crippen molar-refractivity contribution in [3.8, 4) is 5.88 Å². The van der Waals surface area contributed by atoms with Crippen molar-refractivity contribution in [3.05, 3.63) is 26.9 Å². The quantitative estimate of drug-likeness (QED) is 0.630. The van der Waals surface area contributed by atoms with Crippen LogP contribution in [0.1, 0.15) is 32.6 Å². The van der Waals surface area contributed by atoms with Crippen LogP contribution in [0.5, 0.6) is 5.88 Å². The summed E-state index contributed by atoms with van der Waals surface area (Å²) in [6.45, 7) is 2.22. The van der Waals surface area contributed by atoms with E-state index in [1.165, 1.54) is 12.3 Å². The number of aromatic nitrogens is 1. The Morgan fingerprint density at radius 3 is 2.72 bits per heavy atom. The van der Waals surface area contributed by atoms with Gasteiger partial charge in [0.2, 0.25) is 0 Å². The van der Waals surface area contributed by atoms with Crippen molar-refractivity contribution >= 4 is 21.6 Å². The van der Waals surface area contributed by atoms with Gasteiger partial charge < -0.3 is 4.74 Å². The van der Waals surface area contributed by atoms with Crippen molar-refractivity contribution in [3.63, 3.8) is 0 Å². The van der Waals surface area contributed by atoms with Gasteiger partial charge in [-0.3, -0.25) is 10.1 Å². The first-order valence-electron chi connectivity index (χ1n) is 6.03. The summed E-state index contributed by atoms with van der Waals surface area (Å²) in [6.07, 6.45) is 5.66. The smallest absolute Gasteiger partial charge is 0.332 e. The summed E-state index contributed by atoms with van der Waals surface area (Å²) in [5, 5.41) is 10.9. The predicted molar refractivity (Wildman–Crippen MR) is 70.6 cm³/mol. The van der Waals surface area contributed by atoms with Crippen LogP contribution in [0.2, 0.25) is 0 Å². The van der Waals surface area contributed by atoms with E-state index in [-0.39, 0.29) is 17.7 Å². The van der Waals surface area contributed by atoms with Crippen molar-refractivity contribution in [2.75, 3.05) is 0 Å². The minimum absolute atomic E-state index is 0.0496. The molecule has 1 aliphatic rings. The highest BCUT2D eigenvalue weighted by molar-refractivity contribution is 9.10. The van der Waals surface area contributed by atoms with Crippen molar-refractivity contribution < 1.29 is 9.66 Å². The lowest BCUT2D eigenvalue weighted by atomic mass is 9.89. The van der Waals surface area contributed by atoms with E-state index in [1.807, 2.05) is 0 Å². The van der Waals surface area contributed by atoms with Crippen LogP contribution in [0.25, 0.3) is 0 Å². The van der Waals surface area contributed by atoms with E-state index in [0.29, 0.717) is 4.47 Å². The molecular formula is C12H15BrN2O3. The maximum absolute atomic E-state index is 10.9. The Kier molecular flexibility index (Phi) is 4.16. The van der Waals surface area contributed by atoms with Crippen LogP contribution in [0, 0.1) is 16.0 Å². The maximum atomic E-state index is 10.9. The molecule has 1 aliphatic carbocycles. The Morgan fingerprint density at radius 1 is 1.44 bits per heavy atom. The van der Waals surface area contributed by atoms with Gasteiger partial charge in [0.25, 0.3) is 5.88 Å². The highest BCUT2D eigenvalue weighted by Gasteiger charge is 2.24. The molecule has 0 saturated heterocycles. The van der Waals surface area contributed by atoms with Gasteiger partial charge >= 0.3 is 5.69 Å². The van der Waals surface area contributed by atoms with Crippen LogP contribution in [-0.4, -0.2) is 16.0 Å². The number of nitro groups is 1. The average molecular weight is 315 g/mol. The van der Waals surface area contributed by atoms with Crippen molar-refractivity contribution in [1.29, 1.82) is 0 Å². The van der Waals surface area contributed by atoms with Gasteiger partial charge in [0, 0.05) is 16.7 Å². The highest BCUT2D eigenvalue weighted by Crippen LogP contribution is 2.32. The van der Waals surface area contributed by atoms with Crippen molar-refractivity contribution in [2.24, 2.45) is 5.92 Å². The van der Waals surface area contributed by atoms with Crippen LogP contribution in [0.4, 0.5) is 5.69 Å². The molecule has 0 radical (unpaired) electrons. The molecule has 1 aromatic rings. The van der Waals surface area contributed by atoms with Crippen LogP contribution in [0.15, 0.2) is 16.7 Å². The molecule has 1 aromatic heterocycles. The summed E-state index contributed by atoms with van der Waals surface area (Å²) in [5.41, 5.74) is -0.0806. The van der Waals surface area contributed by atoms with E-state index in [9.17, 15) is 10.1 Å². The summed E-state index contributed by atoms with van der Waals surface area (Å²) in [5.74, 6) is 0.848. The summed E-state index contributed by atoms with van der Waals surface area (Å²) in [4.78, 5) is 14.5. The molecule has 0 aromatic carbocycles. The zero-order chi connectivity index (χ0) is 13.1. The predicted octanol–water partition coefficient (Wildman–Crippen LogP) is 3.71. The standard InChI is InChI=1S/C12H15BrN2O3/c1-8-2-4-10(5-3-8)18-12-11(15(16)17)6-9(13)7-14-12/h6-8,10H,2-5H2,1H3. The van der Waals surface area contributed by atoms with Gasteiger partial charge in [-0.05, 0) is 47.5 Å². The molecule has 0 bridgehead atoms. The first kappa shape index (κ1) is 13.3. The second kappa shape index (κ2) is 5.65. The number of nitrogens with zero attached hydrogens (tertiary/aromatic N) is 2. The summed E-state index contributed by atoms with van der Waals surface area (Å²) in [7, 11) is 0. The van der Waals surface area contributed by atoms with Gasteiger partial charge in [-0.1, -0.05) is 6.92 Å². The lowest BCUT2D eigenvalue weighted by Crippen LogP contribution is -2.23. The van der Waals surface area contributed by atoms with Gasteiger partial charge in [-0.25, -0.2) is 4.98 Å². The molecule has 1 heterocycles. The second-order valence-corrected chi connectivity index (χ2v) is 5.65. The third kappa shape index (κ3) is 3.19. The molecule has 0 atom stereocenters. The molecule has 18 heavy (non-hydrogen) atoms. The zero-order valence-electron chi connectivity index (χ0n) is 10.1. The highest BCUT2D eigenvalue weighted by atomic mass is 79.9. The minimum atomic E-state index is -0.460. The fourth-order valence-electron chi connectivity index (χ4n) is 2.14. The maximum Gasteiger partial charge on any atom is 0.332 e. The molecule has 1 saturated carbocycles. The Labute approximate surface area is 114 Å². The molecule has 0 N–H and O–H groups in total. The Hall–Kier alpha value is -1.17. The number of rotatable bonds is 3. The van der Waals surface area contributed by atoms with Gasteiger partial charge in [0.05, 0.1) is 4.92 Å². The van der Waals surface area contributed by atoms with Gasteiger partial charge in [0.15, 0.2) is 0 Å². The summed E-state index contributed by atoms with van der Waals surface area (Å²) in [6, 6.07) is 1.42. The van der Waals surface area contributed by atoms with Gasteiger partial charge in [0.1, 0.15) is 6.10 Å². The van der Waals surface area contributed by atoms with E-state index in [0.717, 1.165) is 31.6 Å². The average Bonchev–Trinajstić information content (AvgIpc) is 2.34.